The molecule has 142 valence electrons. The van der Waals surface area contributed by atoms with Gasteiger partial charge in [-0.25, -0.2) is 0 Å². The molecule has 5 N–H and O–H groups in total. The maximum Gasteiger partial charge on any atom is 0.236 e. The number of Topliss-reactive ketones (excluding diaryl/α,β-unsaturated/α-hetero) is 1. The number of hydrogen-bond acceptors (Lipinski definition) is 5. The molecule has 0 spiro atoms. The van der Waals surface area contributed by atoms with Gasteiger partial charge >= 0.3 is 0 Å². The van der Waals surface area contributed by atoms with Gasteiger partial charge in [-0.05, 0) is 18.9 Å². The van der Waals surface area contributed by atoms with E-state index in [1.807, 2.05) is 30.3 Å². The van der Waals surface area contributed by atoms with Crippen LogP contribution in [0.2, 0.25) is 0 Å². The Morgan fingerprint density at radius 2 is 1.73 bits per heavy atom. The van der Waals surface area contributed by atoms with E-state index in [1.165, 1.54) is 6.92 Å². The van der Waals surface area contributed by atoms with Crippen LogP contribution in [0.5, 0.6) is 0 Å². The predicted octanol–water partition coefficient (Wildman–Crippen LogP) is -0.870. The standard InChI is InChI=1S/C18H26N4O4/c1-12(18(26)21-10-16(19)24)9-20-11-17(25)22-15(13(2)23)8-14-6-4-3-5-7-14/h3-7,12,15,20H,8-11H2,1-2H3,(H2,19,24)(H,21,26)(H,22,25). The lowest BCUT2D eigenvalue weighted by atomic mass is 10.0. The molecule has 0 radical (unpaired) electrons. The number of carbonyl (C=O) groups excluding carboxylic acids is 4. The summed E-state index contributed by atoms with van der Waals surface area (Å²) < 4.78 is 0. The van der Waals surface area contributed by atoms with Crippen molar-refractivity contribution in [2.45, 2.75) is 26.3 Å². The van der Waals surface area contributed by atoms with Gasteiger partial charge in [-0.15, -0.1) is 0 Å². The maximum atomic E-state index is 12.0. The van der Waals surface area contributed by atoms with Crippen molar-refractivity contribution in [3.05, 3.63) is 35.9 Å². The zero-order valence-electron chi connectivity index (χ0n) is 15.1. The van der Waals surface area contributed by atoms with E-state index in [0.29, 0.717) is 6.42 Å². The van der Waals surface area contributed by atoms with E-state index in [9.17, 15) is 19.2 Å². The highest BCUT2D eigenvalue weighted by Crippen LogP contribution is 2.04. The third kappa shape index (κ3) is 8.39. The largest absolute Gasteiger partial charge is 0.368 e. The number of nitrogens with one attached hydrogen (secondary N) is 3. The van der Waals surface area contributed by atoms with Crippen molar-refractivity contribution in [1.29, 1.82) is 0 Å². The topological polar surface area (TPSA) is 130 Å². The molecular formula is C18H26N4O4. The fourth-order valence-electron chi connectivity index (χ4n) is 2.23. The number of rotatable bonds is 11. The van der Waals surface area contributed by atoms with Gasteiger partial charge in [0, 0.05) is 12.5 Å². The highest BCUT2D eigenvalue weighted by molar-refractivity contribution is 5.88. The first-order valence-electron chi connectivity index (χ1n) is 8.40. The lowest BCUT2D eigenvalue weighted by Gasteiger charge is -2.17. The molecule has 0 saturated heterocycles. The van der Waals surface area contributed by atoms with Crippen molar-refractivity contribution in [2.75, 3.05) is 19.6 Å². The van der Waals surface area contributed by atoms with Gasteiger partial charge in [0.25, 0.3) is 0 Å². The van der Waals surface area contributed by atoms with Gasteiger partial charge in [-0.1, -0.05) is 37.3 Å². The van der Waals surface area contributed by atoms with Crippen LogP contribution in [0.15, 0.2) is 30.3 Å². The van der Waals surface area contributed by atoms with Crippen molar-refractivity contribution in [2.24, 2.45) is 11.7 Å². The average Bonchev–Trinajstić information content (AvgIpc) is 2.59. The Bertz CT molecular complexity index is 633. The molecule has 3 amide bonds. The summed E-state index contributed by atoms with van der Waals surface area (Å²) in [6.45, 7) is 3.11. The number of nitrogens with two attached hydrogens (primary N) is 1. The Morgan fingerprint density at radius 1 is 1.08 bits per heavy atom. The monoisotopic (exact) mass is 362 g/mol. The number of ketones is 1. The molecule has 8 heteroatoms. The molecule has 0 heterocycles. The highest BCUT2D eigenvalue weighted by atomic mass is 16.2. The Balaban J connectivity index is 2.38. The molecule has 0 aliphatic heterocycles. The average molecular weight is 362 g/mol. The van der Waals surface area contributed by atoms with E-state index in [0.717, 1.165) is 5.56 Å². The van der Waals surface area contributed by atoms with Gasteiger partial charge in [0.15, 0.2) is 5.78 Å². The normalized spacial score (nSPS) is 12.7. The molecule has 0 aliphatic carbocycles. The van der Waals surface area contributed by atoms with Crippen LogP contribution < -0.4 is 21.7 Å². The molecule has 8 nitrogen and oxygen atoms in total. The Kier molecular flexibility index (Phi) is 9.00. The molecule has 2 unspecified atom stereocenters. The second kappa shape index (κ2) is 11.0. The third-order valence-electron chi connectivity index (χ3n) is 3.73. The van der Waals surface area contributed by atoms with Crippen molar-refractivity contribution < 1.29 is 19.2 Å². The quantitative estimate of drug-likeness (QED) is 0.406. The number of benzene rings is 1. The molecular weight excluding hydrogens is 336 g/mol. The molecule has 1 aromatic rings. The lowest BCUT2D eigenvalue weighted by Crippen LogP contribution is -2.46. The third-order valence-corrected chi connectivity index (χ3v) is 3.73. The van der Waals surface area contributed by atoms with Gasteiger partial charge in [0.1, 0.15) is 0 Å². The summed E-state index contributed by atoms with van der Waals surface area (Å²) >= 11 is 0. The minimum atomic E-state index is -0.619. The first-order valence-corrected chi connectivity index (χ1v) is 8.40. The molecule has 26 heavy (non-hydrogen) atoms. The molecule has 0 aliphatic rings. The number of primary amides is 1. The summed E-state index contributed by atoms with van der Waals surface area (Å²) in [7, 11) is 0. The van der Waals surface area contributed by atoms with Crippen LogP contribution in [0.1, 0.15) is 19.4 Å². The van der Waals surface area contributed by atoms with Crippen LogP contribution in [0.3, 0.4) is 0 Å². The minimum Gasteiger partial charge on any atom is -0.368 e. The van der Waals surface area contributed by atoms with Crippen molar-refractivity contribution in [3.63, 3.8) is 0 Å². The van der Waals surface area contributed by atoms with Crippen LogP contribution >= 0.6 is 0 Å². The zero-order valence-corrected chi connectivity index (χ0v) is 15.1. The minimum absolute atomic E-state index is 0.0218. The van der Waals surface area contributed by atoms with Gasteiger partial charge in [-0.3, -0.25) is 19.2 Å². The molecule has 0 aromatic heterocycles. The number of carbonyl (C=O) groups is 4. The van der Waals surface area contributed by atoms with Gasteiger partial charge < -0.3 is 21.7 Å². The number of amides is 3. The second-order valence-electron chi connectivity index (χ2n) is 6.14. The summed E-state index contributed by atoms with van der Waals surface area (Å²) in [5.74, 6) is -1.84. The van der Waals surface area contributed by atoms with Crippen molar-refractivity contribution in [3.8, 4) is 0 Å². The van der Waals surface area contributed by atoms with Crippen molar-refractivity contribution >= 4 is 23.5 Å². The second-order valence-corrected chi connectivity index (χ2v) is 6.14. The van der Waals surface area contributed by atoms with E-state index in [2.05, 4.69) is 16.0 Å². The molecule has 1 rings (SSSR count). The summed E-state index contributed by atoms with van der Waals surface area (Å²) in [4.78, 5) is 46.1. The SMILES string of the molecule is CC(=O)C(Cc1ccccc1)NC(=O)CNCC(C)C(=O)NCC(N)=O. The molecule has 0 fully saturated rings. The van der Waals surface area contributed by atoms with Crippen molar-refractivity contribution in [1.82, 2.24) is 16.0 Å². The van der Waals surface area contributed by atoms with Crippen LogP contribution in [-0.4, -0.2) is 49.2 Å². The lowest BCUT2D eigenvalue weighted by molar-refractivity contribution is -0.127. The molecule has 1 aromatic carbocycles. The summed E-state index contributed by atoms with van der Waals surface area (Å²) in [6.07, 6.45) is 0.424. The van der Waals surface area contributed by atoms with Crippen LogP contribution in [0.25, 0.3) is 0 Å². The van der Waals surface area contributed by atoms with E-state index >= 15 is 0 Å². The Labute approximate surface area is 152 Å². The summed E-state index contributed by atoms with van der Waals surface area (Å²) in [6, 6.07) is 8.83. The van der Waals surface area contributed by atoms with Crippen LogP contribution in [0, 0.1) is 5.92 Å². The Hall–Kier alpha value is -2.74. The smallest absolute Gasteiger partial charge is 0.236 e. The van der Waals surface area contributed by atoms with E-state index in [-0.39, 0.29) is 37.2 Å². The predicted molar refractivity (Wildman–Crippen MR) is 97.0 cm³/mol. The maximum absolute atomic E-state index is 12.0. The fourth-order valence-corrected chi connectivity index (χ4v) is 2.23. The summed E-state index contributed by atoms with van der Waals surface area (Å²) in [5.41, 5.74) is 5.92. The van der Waals surface area contributed by atoms with E-state index in [1.54, 1.807) is 6.92 Å². The van der Waals surface area contributed by atoms with Gasteiger partial charge in [-0.2, -0.15) is 0 Å². The van der Waals surface area contributed by atoms with E-state index < -0.39 is 17.9 Å². The Morgan fingerprint density at radius 3 is 2.31 bits per heavy atom. The first kappa shape index (κ1) is 21.3. The first-order chi connectivity index (χ1) is 12.3. The molecule has 0 bridgehead atoms. The molecule has 0 saturated carbocycles. The van der Waals surface area contributed by atoms with Crippen LogP contribution in [-0.2, 0) is 25.6 Å². The summed E-state index contributed by atoms with van der Waals surface area (Å²) in [5, 5.41) is 7.95. The number of hydrogen-bond donors (Lipinski definition) is 4. The van der Waals surface area contributed by atoms with Crippen LogP contribution in [0.4, 0.5) is 0 Å². The van der Waals surface area contributed by atoms with E-state index in [4.69, 9.17) is 5.73 Å². The van der Waals surface area contributed by atoms with Gasteiger partial charge in [0.05, 0.1) is 19.1 Å². The highest BCUT2D eigenvalue weighted by Gasteiger charge is 2.18. The zero-order chi connectivity index (χ0) is 19.5. The molecule has 2 atom stereocenters. The fraction of sp³-hybridized carbons (Fsp3) is 0.444. The van der Waals surface area contributed by atoms with Gasteiger partial charge in [0.2, 0.25) is 17.7 Å².